The molecular formula is C13H28N4O. The van der Waals surface area contributed by atoms with E-state index in [1.54, 1.807) is 0 Å². The van der Waals surface area contributed by atoms with Crippen LogP contribution >= 0.6 is 0 Å². The Morgan fingerprint density at radius 1 is 1.39 bits per heavy atom. The lowest BCUT2D eigenvalue weighted by atomic mass is 9.97. The standard InChI is InChI=1S/C13H28N4O/c1-16-7-8-17(2)13(10-16)12(15-14)6-5-11-4-3-9-18-11/h11-13,15H,3-10,14H2,1-2H3. The number of hydrogen-bond acceptors (Lipinski definition) is 5. The maximum absolute atomic E-state index is 5.76. The third-order valence-electron chi connectivity index (χ3n) is 4.40. The van der Waals surface area contributed by atoms with E-state index in [1.807, 2.05) is 0 Å². The largest absolute Gasteiger partial charge is 0.378 e. The maximum Gasteiger partial charge on any atom is 0.0576 e. The van der Waals surface area contributed by atoms with Gasteiger partial charge in [0.25, 0.3) is 0 Å². The predicted molar refractivity (Wildman–Crippen MR) is 73.2 cm³/mol. The van der Waals surface area contributed by atoms with Gasteiger partial charge in [-0.2, -0.15) is 0 Å². The van der Waals surface area contributed by atoms with Gasteiger partial charge in [-0.15, -0.1) is 0 Å². The highest BCUT2D eigenvalue weighted by molar-refractivity contribution is 4.88. The average Bonchev–Trinajstić information content (AvgIpc) is 2.87. The number of hydrazine groups is 1. The molecule has 2 rings (SSSR count). The van der Waals surface area contributed by atoms with E-state index in [0.717, 1.165) is 39.1 Å². The fourth-order valence-electron chi connectivity index (χ4n) is 3.10. The molecule has 0 aliphatic carbocycles. The normalized spacial score (nSPS) is 32.8. The monoisotopic (exact) mass is 256 g/mol. The molecule has 0 bridgehead atoms. The molecule has 2 aliphatic heterocycles. The lowest BCUT2D eigenvalue weighted by Crippen LogP contribution is -2.60. The third-order valence-corrected chi connectivity index (χ3v) is 4.40. The molecule has 0 spiro atoms. The SMILES string of the molecule is CN1CCN(C)C(C(CCC2CCCO2)NN)C1. The first kappa shape index (κ1) is 14.2. The number of nitrogens with two attached hydrogens (primary N) is 1. The molecule has 3 unspecified atom stereocenters. The van der Waals surface area contributed by atoms with Gasteiger partial charge in [0.2, 0.25) is 0 Å². The van der Waals surface area contributed by atoms with Gasteiger partial charge in [-0.1, -0.05) is 0 Å². The first-order valence-corrected chi connectivity index (χ1v) is 7.17. The molecule has 2 aliphatic rings. The number of hydrogen-bond donors (Lipinski definition) is 2. The molecule has 5 heteroatoms. The summed E-state index contributed by atoms with van der Waals surface area (Å²) >= 11 is 0. The van der Waals surface area contributed by atoms with E-state index in [2.05, 4.69) is 29.3 Å². The summed E-state index contributed by atoms with van der Waals surface area (Å²) in [6.07, 6.45) is 5.13. The quantitative estimate of drug-likeness (QED) is 0.537. The number of ether oxygens (including phenoxy) is 1. The van der Waals surface area contributed by atoms with E-state index in [0.29, 0.717) is 18.2 Å². The molecule has 0 aromatic carbocycles. The zero-order valence-electron chi connectivity index (χ0n) is 11.8. The lowest BCUT2D eigenvalue weighted by Gasteiger charge is -2.41. The smallest absolute Gasteiger partial charge is 0.0576 e. The van der Waals surface area contributed by atoms with Crippen molar-refractivity contribution in [1.82, 2.24) is 15.2 Å². The summed E-state index contributed by atoms with van der Waals surface area (Å²) in [4.78, 5) is 4.82. The topological polar surface area (TPSA) is 53.8 Å². The summed E-state index contributed by atoms with van der Waals surface area (Å²) in [5.41, 5.74) is 3.02. The van der Waals surface area contributed by atoms with Crippen LogP contribution in [0.1, 0.15) is 25.7 Å². The van der Waals surface area contributed by atoms with E-state index >= 15 is 0 Å². The molecule has 2 fully saturated rings. The van der Waals surface area contributed by atoms with Crippen molar-refractivity contribution in [2.24, 2.45) is 5.84 Å². The summed E-state index contributed by atoms with van der Waals surface area (Å²) in [5.74, 6) is 5.76. The molecule has 5 nitrogen and oxygen atoms in total. The molecule has 0 saturated carbocycles. The van der Waals surface area contributed by atoms with Crippen molar-refractivity contribution in [3.63, 3.8) is 0 Å². The fourth-order valence-corrected chi connectivity index (χ4v) is 3.10. The van der Waals surface area contributed by atoms with Crippen molar-refractivity contribution in [3.05, 3.63) is 0 Å². The second kappa shape index (κ2) is 6.82. The van der Waals surface area contributed by atoms with Gasteiger partial charge in [-0.3, -0.25) is 16.2 Å². The van der Waals surface area contributed by atoms with Crippen LogP contribution in [0, 0.1) is 0 Å². The molecule has 0 amide bonds. The van der Waals surface area contributed by atoms with Gasteiger partial charge in [0.05, 0.1) is 6.10 Å². The molecule has 18 heavy (non-hydrogen) atoms. The Labute approximate surface area is 111 Å². The highest BCUT2D eigenvalue weighted by atomic mass is 16.5. The summed E-state index contributed by atoms with van der Waals surface area (Å²) in [5, 5.41) is 0. The van der Waals surface area contributed by atoms with E-state index in [4.69, 9.17) is 10.6 Å². The second-order valence-electron chi connectivity index (χ2n) is 5.80. The highest BCUT2D eigenvalue weighted by Crippen LogP contribution is 2.20. The first-order chi connectivity index (χ1) is 8.70. The Kier molecular flexibility index (Phi) is 5.38. The Morgan fingerprint density at radius 3 is 2.89 bits per heavy atom. The van der Waals surface area contributed by atoms with Crippen LogP contribution in [0.5, 0.6) is 0 Å². The Hall–Kier alpha value is -0.200. The minimum atomic E-state index is 0.363. The number of likely N-dealkylation sites (N-methyl/N-ethyl adjacent to an activating group) is 2. The van der Waals surface area contributed by atoms with Gasteiger partial charge < -0.3 is 9.64 Å². The number of piperazine rings is 1. The maximum atomic E-state index is 5.76. The third kappa shape index (κ3) is 3.65. The highest BCUT2D eigenvalue weighted by Gasteiger charge is 2.30. The molecule has 0 aromatic heterocycles. The van der Waals surface area contributed by atoms with Crippen molar-refractivity contribution < 1.29 is 4.74 Å². The fraction of sp³-hybridized carbons (Fsp3) is 1.00. The van der Waals surface area contributed by atoms with Gasteiger partial charge in [-0.25, -0.2) is 0 Å². The summed E-state index contributed by atoms with van der Waals surface area (Å²) in [6, 6.07) is 0.872. The van der Waals surface area contributed by atoms with Crippen LogP contribution in [0.2, 0.25) is 0 Å². The Balaban J connectivity index is 1.82. The van der Waals surface area contributed by atoms with Crippen LogP contribution in [-0.4, -0.2) is 68.3 Å². The van der Waals surface area contributed by atoms with Crippen LogP contribution in [0.3, 0.4) is 0 Å². The molecule has 2 saturated heterocycles. The summed E-state index contributed by atoms with van der Waals surface area (Å²) in [7, 11) is 4.39. The zero-order valence-corrected chi connectivity index (χ0v) is 11.8. The van der Waals surface area contributed by atoms with Crippen molar-refractivity contribution in [2.45, 2.75) is 43.9 Å². The Morgan fingerprint density at radius 2 is 2.22 bits per heavy atom. The van der Waals surface area contributed by atoms with Gasteiger partial charge in [0.1, 0.15) is 0 Å². The van der Waals surface area contributed by atoms with E-state index in [9.17, 15) is 0 Å². The van der Waals surface area contributed by atoms with Crippen LogP contribution in [-0.2, 0) is 4.74 Å². The molecule has 0 aromatic rings. The summed E-state index contributed by atoms with van der Waals surface area (Å²) < 4.78 is 5.69. The van der Waals surface area contributed by atoms with Gasteiger partial charge in [-0.05, 0) is 39.8 Å². The first-order valence-electron chi connectivity index (χ1n) is 7.17. The molecule has 3 N–H and O–H groups in total. The lowest BCUT2D eigenvalue weighted by molar-refractivity contribution is 0.0690. The van der Waals surface area contributed by atoms with E-state index < -0.39 is 0 Å². The molecule has 0 radical (unpaired) electrons. The molecule has 106 valence electrons. The molecule has 2 heterocycles. The minimum Gasteiger partial charge on any atom is -0.378 e. The van der Waals surface area contributed by atoms with Crippen molar-refractivity contribution in [2.75, 3.05) is 40.3 Å². The van der Waals surface area contributed by atoms with Gasteiger partial charge >= 0.3 is 0 Å². The van der Waals surface area contributed by atoms with Crippen LogP contribution in [0.25, 0.3) is 0 Å². The zero-order chi connectivity index (χ0) is 13.0. The van der Waals surface area contributed by atoms with Gasteiger partial charge in [0, 0.05) is 38.3 Å². The number of nitrogens with zero attached hydrogens (tertiary/aromatic N) is 2. The average molecular weight is 256 g/mol. The van der Waals surface area contributed by atoms with Crippen LogP contribution < -0.4 is 11.3 Å². The molecule has 3 atom stereocenters. The van der Waals surface area contributed by atoms with Crippen LogP contribution in [0.4, 0.5) is 0 Å². The number of rotatable bonds is 5. The van der Waals surface area contributed by atoms with E-state index in [-0.39, 0.29) is 0 Å². The van der Waals surface area contributed by atoms with Crippen molar-refractivity contribution in [3.8, 4) is 0 Å². The molecular weight excluding hydrogens is 228 g/mol. The summed E-state index contributed by atoms with van der Waals surface area (Å²) in [6.45, 7) is 4.31. The van der Waals surface area contributed by atoms with Crippen molar-refractivity contribution in [1.29, 1.82) is 0 Å². The van der Waals surface area contributed by atoms with E-state index in [1.165, 1.54) is 12.8 Å². The minimum absolute atomic E-state index is 0.363. The van der Waals surface area contributed by atoms with Gasteiger partial charge in [0.15, 0.2) is 0 Å². The van der Waals surface area contributed by atoms with Crippen molar-refractivity contribution >= 4 is 0 Å². The second-order valence-corrected chi connectivity index (χ2v) is 5.80. The predicted octanol–water partition coefficient (Wildman–Crippen LogP) is 0.0233. The Bertz CT molecular complexity index is 245. The number of nitrogens with one attached hydrogen (secondary N) is 1. The van der Waals surface area contributed by atoms with Crippen LogP contribution in [0.15, 0.2) is 0 Å².